The van der Waals surface area contributed by atoms with Gasteiger partial charge in [-0.25, -0.2) is 9.07 Å². The topological polar surface area (TPSA) is 97.4 Å². The molecule has 0 saturated carbocycles. The minimum Gasteiger partial charge on any atom is -0.459 e. The van der Waals surface area contributed by atoms with Crippen LogP contribution in [0.5, 0.6) is 0 Å². The van der Waals surface area contributed by atoms with Crippen molar-refractivity contribution in [3.8, 4) is 5.69 Å². The van der Waals surface area contributed by atoms with E-state index in [0.717, 1.165) is 0 Å². The first kappa shape index (κ1) is 20.5. The van der Waals surface area contributed by atoms with Crippen molar-refractivity contribution in [3.63, 3.8) is 0 Å². The molecule has 1 aromatic carbocycles. The zero-order valence-corrected chi connectivity index (χ0v) is 16.9. The van der Waals surface area contributed by atoms with Crippen molar-refractivity contribution in [2.24, 2.45) is 0 Å². The zero-order chi connectivity index (χ0) is 22.0. The third kappa shape index (κ3) is 4.25. The number of furan rings is 1. The fraction of sp³-hybridized carbons (Fsp3) is 0.273. The molecule has 0 aliphatic carbocycles. The highest BCUT2D eigenvalue weighted by molar-refractivity contribution is 5.92. The molecule has 0 spiro atoms. The number of carbonyl (C=O) groups is 2. The summed E-state index contributed by atoms with van der Waals surface area (Å²) in [6.45, 7) is 2.52. The first-order valence-electron chi connectivity index (χ1n) is 9.93. The van der Waals surface area contributed by atoms with Crippen LogP contribution in [0.25, 0.3) is 5.69 Å². The van der Waals surface area contributed by atoms with Crippen LogP contribution in [0.3, 0.4) is 0 Å². The number of hydrogen-bond donors (Lipinski definition) is 1. The smallest absolute Gasteiger partial charge is 0.289 e. The van der Waals surface area contributed by atoms with Gasteiger partial charge >= 0.3 is 0 Å². The van der Waals surface area contributed by atoms with E-state index in [9.17, 15) is 18.8 Å². The van der Waals surface area contributed by atoms with Crippen molar-refractivity contribution in [1.29, 1.82) is 0 Å². The average Bonchev–Trinajstić information content (AvgIpc) is 3.29. The Morgan fingerprint density at radius 3 is 2.58 bits per heavy atom. The van der Waals surface area contributed by atoms with Crippen LogP contribution >= 0.6 is 0 Å². The quantitative estimate of drug-likeness (QED) is 0.693. The van der Waals surface area contributed by atoms with Gasteiger partial charge in [-0.15, -0.1) is 0 Å². The average molecular weight is 424 g/mol. The van der Waals surface area contributed by atoms with E-state index in [0.29, 0.717) is 31.6 Å². The van der Waals surface area contributed by atoms with E-state index >= 15 is 0 Å². The number of piperidine rings is 1. The van der Waals surface area contributed by atoms with Gasteiger partial charge in [-0.1, -0.05) is 12.1 Å². The van der Waals surface area contributed by atoms with Gasteiger partial charge in [-0.2, -0.15) is 5.10 Å². The molecule has 4 rings (SSSR count). The van der Waals surface area contributed by atoms with E-state index in [2.05, 4.69) is 10.4 Å². The second-order valence-electron chi connectivity index (χ2n) is 7.38. The maximum absolute atomic E-state index is 14.2. The lowest BCUT2D eigenvalue weighted by Gasteiger charge is -2.31. The third-order valence-corrected chi connectivity index (χ3v) is 5.25. The molecule has 1 N–H and O–H groups in total. The zero-order valence-electron chi connectivity index (χ0n) is 16.9. The lowest BCUT2D eigenvalue weighted by atomic mass is 10.0. The molecule has 0 bridgehead atoms. The molecule has 1 aliphatic heterocycles. The molecule has 160 valence electrons. The summed E-state index contributed by atoms with van der Waals surface area (Å²) in [6, 6.07) is 10.3. The number of aryl methyl sites for hydroxylation is 1. The molecule has 0 radical (unpaired) electrons. The van der Waals surface area contributed by atoms with Crippen LogP contribution in [-0.2, 0) is 0 Å². The number of amides is 2. The fourth-order valence-electron chi connectivity index (χ4n) is 3.61. The molecule has 2 amide bonds. The number of rotatable bonds is 4. The summed E-state index contributed by atoms with van der Waals surface area (Å²) >= 11 is 0. The molecule has 9 heteroatoms. The Bertz CT molecular complexity index is 1160. The minimum absolute atomic E-state index is 0.152. The van der Waals surface area contributed by atoms with Crippen molar-refractivity contribution in [2.45, 2.75) is 25.8 Å². The minimum atomic E-state index is -0.620. The monoisotopic (exact) mass is 424 g/mol. The molecular formula is C22H21FN4O4. The molecular weight excluding hydrogens is 403 g/mol. The van der Waals surface area contributed by atoms with Crippen LogP contribution in [0.15, 0.2) is 57.9 Å². The number of para-hydroxylation sites is 1. The Hall–Kier alpha value is -3.75. The molecule has 3 heterocycles. The van der Waals surface area contributed by atoms with Crippen LogP contribution in [-0.4, -0.2) is 45.6 Å². The Balaban J connectivity index is 1.46. The standard InChI is InChI=1S/C22H21FN4O4/c1-14-13-18(28)20(25-27(14)17-6-3-2-5-16(17)23)21(29)24-15-8-10-26(11-9-15)22(30)19-7-4-12-31-19/h2-7,12-13,15H,8-11H2,1H3,(H,24,29). The lowest BCUT2D eigenvalue weighted by Crippen LogP contribution is -2.47. The summed E-state index contributed by atoms with van der Waals surface area (Å²) in [7, 11) is 0. The van der Waals surface area contributed by atoms with Gasteiger partial charge in [0.25, 0.3) is 11.8 Å². The van der Waals surface area contributed by atoms with E-state index in [4.69, 9.17) is 4.42 Å². The summed E-state index contributed by atoms with van der Waals surface area (Å²) in [5.74, 6) is -1.05. The number of hydrogen-bond acceptors (Lipinski definition) is 5. The Morgan fingerprint density at radius 1 is 1.16 bits per heavy atom. The number of halogens is 1. The number of aromatic nitrogens is 2. The summed E-state index contributed by atoms with van der Waals surface area (Å²) in [4.78, 5) is 39.1. The van der Waals surface area contributed by atoms with E-state index in [-0.39, 0.29) is 29.1 Å². The number of benzene rings is 1. The SMILES string of the molecule is Cc1cc(=O)c(C(=O)NC2CCN(C(=O)c3ccco3)CC2)nn1-c1ccccc1F. The predicted octanol–water partition coefficient (Wildman–Crippen LogP) is 2.31. The van der Waals surface area contributed by atoms with Gasteiger partial charge in [-0.05, 0) is 44.0 Å². The van der Waals surface area contributed by atoms with Gasteiger partial charge in [0.2, 0.25) is 5.43 Å². The molecule has 0 unspecified atom stereocenters. The van der Waals surface area contributed by atoms with Crippen LogP contribution in [0.2, 0.25) is 0 Å². The van der Waals surface area contributed by atoms with Crippen molar-refractivity contribution in [1.82, 2.24) is 20.0 Å². The molecule has 2 aromatic heterocycles. The van der Waals surface area contributed by atoms with Gasteiger partial charge < -0.3 is 14.6 Å². The van der Waals surface area contributed by atoms with Gasteiger partial charge in [0, 0.05) is 30.9 Å². The van der Waals surface area contributed by atoms with Crippen molar-refractivity contribution in [2.75, 3.05) is 13.1 Å². The highest BCUT2D eigenvalue weighted by atomic mass is 19.1. The molecule has 8 nitrogen and oxygen atoms in total. The van der Waals surface area contributed by atoms with Crippen LogP contribution in [0, 0.1) is 12.7 Å². The van der Waals surface area contributed by atoms with Crippen molar-refractivity contribution >= 4 is 11.8 Å². The highest BCUT2D eigenvalue weighted by Gasteiger charge is 2.27. The molecule has 0 atom stereocenters. The van der Waals surface area contributed by atoms with E-state index in [1.54, 1.807) is 36.1 Å². The van der Waals surface area contributed by atoms with Crippen molar-refractivity contribution < 1.29 is 18.4 Å². The fourth-order valence-corrected chi connectivity index (χ4v) is 3.61. The Morgan fingerprint density at radius 2 is 1.90 bits per heavy atom. The number of carbonyl (C=O) groups excluding carboxylic acids is 2. The first-order chi connectivity index (χ1) is 14.9. The highest BCUT2D eigenvalue weighted by Crippen LogP contribution is 2.16. The van der Waals surface area contributed by atoms with Crippen LogP contribution in [0.4, 0.5) is 4.39 Å². The summed E-state index contributed by atoms with van der Waals surface area (Å²) in [5.41, 5.74) is -0.272. The summed E-state index contributed by atoms with van der Waals surface area (Å²) in [5, 5.41) is 6.93. The predicted molar refractivity (Wildman–Crippen MR) is 110 cm³/mol. The second-order valence-corrected chi connectivity index (χ2v) is 7.38. The van der Waals surface area contributed by atoms with E-state index in [1.807, 2.05) is 0 Å². The molecule has 1 saturated heterocycles. The van der Waals surface area contributed by atoms with Gasteiger partial charge in [0.05, 0.1) is 6.26 Å². The maximum atomic E-state index is 14.2. The Kier molecular flexibility index (Phi) is 5.66. The second kappa shape index (κ2) is 8.55. The number of nitrogens with zero attached hydrogens (tertiary/aromatic N) is 3. The first-order valence-corrected chi connectivity index (χ1v) is 9.93. The number of likely N-dealkylation sites (tertiary alicyclic amines) is 1. The van der Waals surface area contributed by atoms with Crippen LogP contribution < -0.4 is 10.7 Å². The lowest BCUT2D eigenvalue weighted by molar-refractivity contribution is 0.0667. The molecule has 1 fully saturated rings. The van der Waals surface area contributed by atoms with Gasteiger partial charge in [0.15, 0.2) is 11.5 Å². The van der Waals surface area contributed by atoms with E-state index < -0.39 is 17.2 Å². The molecule has 1 aliphatic rings. The normalized spacial score (nSPS) is 14.5. The largest absolute Gasteiger partial charge is 0.459 e. The van der Waals surface area contributed by atoms with Gasteiger partial charge in [0.1, 0.15) is 11.5 Å². The van der Waals surface area contributed by atoms with Crippen LogP contribution in [0.1, 0.15) is 39.6 Å². The van der Waals surface area contributed by atoms with Crippen molar-refractivity contribution in [3.05, 3.63) is 81.9 Å². The number of nitrogens with one attached hydrogen (secondary N) is 1. The van der Waals surface area contributed by atoms with E-state index in [1.165, 1.54) is 29.1 Å². The van der Waals surface area contributed by atoms with Gasteiger partial charge in [-0.3, -0.25) is 14.4 Å². The molecule has 31 heavy (non-hydrogen) atoms. The molecule has 3 aromatic rings. The maximum Gasteiger partial charge on any atom is 0.289 e. The third-order valence-electron chi connectivity index (χ3n) is 5.25. The summed E-state index contributed by atoms with van der Waals surface area (Å²) in [6.07, 6.45) is 2.51. The Labute approximate surface area is 177 Å². The summed E-state index contributed by atoms with van der Waals surface area (Å²) < 4.78 is 20.6.